The van der Waals surface area contributed by atoms with Gasteiger partial charge >= 0.3 is 0 Å². The monoisotopic (exact) mass is 303 g/mol. The van der Waals surface area contributed by atoms with Crippen LogP contribution in [-0.4, -0.2) is 54.7 Å². The van der Waals surface area contributed by atoms with Crippen LogP contribution in [0, 0.1) is 0 Å². The molecule has 4 N–H and O–H groups in total. The highest BCUT2D eigenvalue weighted by atomic mass is 35.5. The first-order chi connectivity index (χ1) is 9.52. The number of nitrogens with two attached hydrogens (primary N) is 1. The highest BCUT2D eigenvalue weighted by Gasteiger charge is 2.45. The molecule has 1 fully saturated rings. The van der Waals surface area contributed by atoms with Gasteiger partial charge in [0.1, 0.15) is 17.7 Å². The van der Waals surface area contributed by atoms with Crippen LogP contribution < -0.4 is 5.73 Å². The molecule has 2 aromatic heterocycles. The highest BCUT2D eigenvalue weighted by molar-refractivity contribution is 6.28. The van der Waals surface area contributed by atoms with Gasteiger partial charge in [-0.15, -0.1) is 0 Å². The normalized spacial score (nSPS) is 30.2. The van der Waals surface area contributed by atoms with Crippen molar-refractivity contribution in [3.63, 3.8) is 0 Å². The lowest BCUT2D eigenvalue weighted by Gasteiger charge is -2.16. The summed E-state index contributed by atoms with van der Waals surface area (Å²) in [6.07, 6.45) is -4.05. The molecular formula is C10H11ClFN5O3. The number of aromatic nitrogens is 4. The zero-order chi connectivity index (χ0) is 14.4. The van der Waals surface area contributed by atoms with Crippen molar-refractivity contribution in [1.82, 2.24) is 19.5 Å². The Labute approximate surface area is 117 Å². The Hall–Kier alpha value is -1.55. The minimum Gasteiger partial charge on any atom is -0.394 e. The molecule has 0 bridgehead atoms. The molecule has 1 aliphatic rings. The van der Waals surface area contributed by atoms with E-state index < -0.39 is 31.2 Å². The van der Waals surface area contributed by atoms with E-state index in [9.17, 15) is 9.50 Å². The summed E-state index contributed by atoms with van der Waals surface area (Å²) in [4.78, 5) is 11.7. The van der Waals surface area contributed by atoms with Crippen LogP contribution in [0.15, 0.2) is 6.33 Å². The minimum absolute atomic E-state index is 0.0711. The van der Waals surface area contributed by atoms with Gasteiger partial charge in [0, 0.05) is 0 Å². The molecule has 20 heavy (non-hydrogen) atoms. The summed E-state index contributed by atoms with van der Waals surface area (Å²) >= 11 is 5.72. The van der Waals surface area contributed by atoms with E-state index in [-0.39, 0.29) is 22.3 Å². The van der Waals surface area contributed by atoms with Gasteiger partial charge in [0.25, 0.3) is 0 Å². The van der Waals surface area contributed by atoms with Gasteiger partial charge in [0.15, 0.2) is 23.9 Å². The van der Waals surface area contributed by atoms with Gasteiger partial charge in [0.05, 0.1) is 12.9 Å². The molecule has 0 radical (unpaired) electrons. The number of fused-ring (bicyclic) bond motifs is 1. The van der Waals surface area contributed by atoms with Gasteiger partial charge in [-0.2, -0.15) is 9.97 Å². The Morgan fingerprint density at radius 3 is 2.90 bits per heavy atom. The quantitative estimate of drug-likeness (QED) is 0.649. The number of hydrogen-bond donors (Lipinski definition) is 3. The van der Waals surface area contributed by atoms with E-state index in [1.807, 2.05) is 0 Å². The van der Waals surface area contributed by atoms with Crippen LogP contribution in [0.1, 0.15) is 6.23 Å². The summed E-state index contributed by atoms with van der Waals surface area (Å²) in [6.45, 7) is -0.542. The Kier molecular flexibility index (Phi) is 3.21. The zero-order valence-corrected chi connectivity index (χ0v) is 10.8. The Morgan fingerprint density at radius 2 is 2.25 bits per heavy atom. The second-order valence-corrected chi connectivity index (χ2v) is 4.72. The van der Waals surface area contributed by atoms with Crippen LogP contribution in [0.4, 0.5) is 10.2 Å². The molecule has 10 heteroatoms. The fourth-order valence-corrected chi connectivity index (χ4v) is 2.35. The van der Waals surface area contributed by atoms with E-state index in [0.29, 0.717) is 0 Å². The van der Waals surface area contributed by atoms with Gasteiger partial charge in [0.2, 0.25) is 5.28 Å². The average molecular weight is 304 g/mol. The number of aliphatic hydroxyl groups is 2. The predicted molar refractivity (Wildman–Crippen MR) is 66.6 cm³/mol. The summed E-state index contributed by atoms with van der Waals surface area (Å²) in [5.41, 5.74) is 6.15. The molecule has 4 atom stereocenters. The molecule has 3 heterocycles. The number of ether oxygens (including phenoxy) is 1. The molecule has 0 amide bonds. The van der Waals surface area contributed by atoms with Gasteiger partial charge in [-0.05, 0) is 11.6 Å². The number of nitrogens with zero attached hydrogens (tertiary/aromatic N) is 4. The van der Waals surface area contributed by atoms with Crippen molar-refractivity contribution in [1.29, 1.82) is 0 Å². The van der Waals surface area contributed by atoms with Crippen LogP contribution in [0.25, 0.3) is 11.2 Å². The molecule has 3 rings (SSSR count). The van der Waals surface area contributed by atoms with Crippen LogP contribution in [0.3, 0.4) is 0 Å². The van der Waals surface area contributed by atoms with Gasteiger partial charge < -0.3 is 20.7 Å². The summed E-state index contributed by atoms with van der Waals surface area (Å²) in [5.74, 6) is 0.0711. The third-order valence-electron chi connectivity index (χ3n) is 3.16. The van der Waals surface area contributed by atoms with E-state index >= 15 is 0 Å². The number of rotatable bonds is 2. The molecule has 1 aliphatic heterocycles. The van der Waals surface area contributed by atoms with E-state index in [1.54, 1.807) is 0 Å². The Balaban J connectivity index is 2.07. The first kappa shape index (κ1) is 13.4. The van der Waals surface area contributed by atoms with Crippen LogP contribution in [0.5, 0.6) is 0 Å². The highest BCUT2D eigenvalue weighted by Crippen LogP contribution is 2.33. The van der Waals surface area contributed by atoms with Crippen molar-refractivity contribution >= 4 is 28.6 Å². The SMILES string of the molecule is Nc1nc(Cl)nc2c1ncn2C1OC(CO)C(F)C1O. The minimum atomic E-state index is -1.71. The van der Waals surface area contributed by atoms with Crippen molar-refractivity contribution in [3.8, 4) is 0 Å². The van der Waals surface area contributed by atoms with Crippen LogP contribution >= 0.6 is 11.6 Å². The van der Waals surface area contributed by atoms with Crippen molar-refractivity contribution in [3.05, 3.63) is 11.6 Å². The maximum absolute atomic E-state index is 13.7. The van der Waals surface area contributed by atoms with Gasteiger partial charge in [-0.1, -0.05) is 0 Å². The topological polar surface area (TPSA) is 119 Å². The number of imidazole rings is 1. The maximum Gasteiger partial charge on any atom is 0.226 e. The summed E-state index contributed by atoms with van der Waals surface area (Å²) in [7, 11) is 0. The van der Waals surface area contributed by atoms with Crippen LogP contribution in [-0.2, 0) is 4.74 Å². The molecule has 0 aromatic carbocycles. The fraction of sp³-hybridized carbons (Fsp3) is 0.500. The van der Waals surface area contributed by atoms with Crippen LogP contribution in [0.2, 0.25) is 5.28 Å². The molecule has 4 unspecified atom stereocenters. The number of aliphatic hydroxyl groups excluding tert-OH is 2. The number of anilines is 1. The Bertz CT molecular complexity index is 653. The van der Waals surface area contributed by atoms with E-state index in [4.69, 9.17) is 27.2 Å². The summed E-state index contributed by atoms with van der Waals surface area (Å²) < 4.78 is 20.3. The molecule has 1 saturated heterocycles. The zero-order valence-electron chi connectivity index (χ0n) is 10.0. The van der Waals surface area contributed by atoms with Crippen molar-refractivity contribution < 1.29 is 19.3 Å². The molecular weight excluding hydrogens is 293 g/mol. The summed E-state index contributed by atoms with van der Waals surface area (Å²) in [5, 5.41) is 18.8. The molecule has 2 aromatic rings. The molecule has 0 aliphatic carbocycles. The first-order valence-electron chi connectivity index (χ1n) is 5.77. The molecule has 8 nitrogen and oxygen atoms in total. The third-order valence-corrected chi connectivity index (χ3v) is 3.33. The lowest BCUT2D eigenvalue weighted by molar-refractivity contribution is -0.0495. The number of alkyl halides is 1. The van der Waals surface area contributed by atoms with Crippen molar-refractivity contribution in [2.24, 2.45) is 0 Å². The second-order valence-electron chi connectivity index (χ2n) is 4.38. The maximum atomic E-state index is 13.7. The third kappa shape index (κ3) is 1.90. The number of hydrogen-bond acceptors (Lipinski definition) is 7. The fourth-order valence-electron chi connectivity index (χ4n) is 2.18. The van der Waals surface area contributed by atoms with E-state index in [1.165, 1.54) is 10.9 Å². The molecule has 0 spiro atoms. The van der Waals surface area contributed by atoms with Gasteiger partial charge in [-0.3, -0.25) is 4.57 Å². The second kappa shape index (κ2) is 4.77. The average Bonchev–Trinajstić information content (AvgIpc) is 2.93. The lowest BCUT2D eigenvalue weighted by Crippen LogP contribution is -2.29. The van der Waals surface area contributed by atoms with Crippen molar-refractivity contribution in [2.75, 3.05) is 12.3 Å². The van der Waals surface area contributed by atoms with Crippen molar-refractivity contribution in [2.45, 2.75) is 24.6 Å². The molecule has 0 saturated carbocycles. The number of halogens is 2. The largest absolute Gasteiger partial charge is 0.394 e. The Morgan fingerprint density at radius 1 is 1.50 bits per heavy atom. The lowest BCUT2D eigenvalue weighted by atomic mass is 10.1. The van der Waals surface area contributed by atoms with E-state index in [2.05, 4.69) is 15.0 Å². The first-order valence-corrected chi connectivity index (χ1v) is 6.14. The smallest absolute Gasteiger partial charge is 0.226 e. The number of nitrogen functional groups attached to an aromatic ring is 1. The predicted octanol–water partition coefficient (Wildman–Crippen LogP) is -0.349. The van der Waals surface area contributed by atoms with E-state index in [0.717, 1.165) is 0 Å². The standard InChI is InChI=1S/C10H11ClFN5O3/c11-10-15-7(13)5-8(16-10)17(2-14-5)9-6(19)4(12)3(1-18)20-9/h2-4,6,9,18-19H,1H2,(H2,13,15,16). The summed E-state index contributed by atoms with van der Waals surface area (Å²) in [6, 6.07) is 0. The molecule has 108 valence electrons. The van der Waals surface area contributed by atoms with Gasteiger partial charge in [-0.25, -0.2) is 9.37 Å².